The summed E-state index contributed by atoms with van der Waals surface area (Å²) < 4.78 is 11.5. The molecule has 8 nitrogen and oxygen atoms in total. The first kappa shape index (κ1) is 30.1. The van der Waals surface area contributed by atoms with Crippen LogP contribution in [0.25, 0.3) is 33.6 Å². The number of pyridine rings is 2. The van der Waals surface area contributed by atoms with Crippen LogP contribution in [-0.4, -0.2) is 85.3 Å². The number of fused-ring (bicyclic) bond motifs is 2. The topological polar surface area (TPSA) is 74.8 Å². The molecule has 4 aromatic rings. The minimum atomic E-state index is 0.585. The lowest BCUT2D eigenvalue weighted by molar-refractivity contribution is 0.0427. The fraction of sp³-hybridized carbons (Fsp3) is 0.389. The van der Waals surface area contributed by atoms with Gasteiger partial charge in [-0.15, -0.1) is 0 Å². The van der Waals surface area contributed by atoms with E-state index in [-0.39, 0.29) is 0 Å². The molecule has 2 N–H and O–H groups in total. The van der Waals surface area contributed by atoms with Gasteiger partial charge in [-0.05, 0) is 12.1 Å². The Morgan fingerprint density at radius 1 is 0.630 bits per heavy atom. The predicted octanol–water partition coefficient (Wildman–Crippen LogP) is 5.61. The Morgan fingerprint density at radius 2 is 1.07 bits per heavy atom. The highest BCUT2D eigenvalue weighted by Gasteiger charge is 2.43. The van der Waals surface area contributed by atoms with Crippen molar-refractivity contribution in [2.75, 3.05) is 53.5 Å². The van der Waals surface area contributed by atoms with Crippen LogP contribution in [0.5, 0.6) is 11.8 Å². The summed E-state index contributed by atoms with van der Waals surface area (Å²) in [7, 11) is 3.36. The van der Waals surface area contributed by atoms with E-state index in [0.29, 0.717) is 33.9 Å². The zero-order valence-corrected chi connectivity index (χ0v) is 27.6. The van der Waals surface area contributed by atoms with Crippen molar-refractivity contribution in [2.45, 2.75) is 25.2 Å². The molecule has 238 valence electrons. The van der Waals surface area contributed by atoms with Crippen LogP contribution in [0.3, 0.4) is 0 Å². The van der Waals surface area contributed by atoms with Crippen molar-refractivity contribution < 1.29 is 9.47 Å². The first-order valence-electron chi connectivity index (χ1n) is 16.1. The van der Waals surface area contributed by atoms with Crippen LogP contribution in [0.2, 0.25) is 10.0 Å². The van der Waals surface area contributed by atoms with Gasteiger partial charge in [0.25, 0.3) is 0 Å². The summed E-state index contributed by atoms with van der Waals surface area (Å²) in [5.74, 6) is 2.78. The smallest absolute Gasteiger partial charge is 0.218 e. The molecular formula is C36H38Cl2N6O2. The number of halogens is 2. The van der Waals surface area contributed by atoms with Crippen molar-refractivity contribution in [1.29, 1.82) is 0 Å². The molecule has 2 aromatic heterocycles. The van der Waals surface area contributed by atoms with Crippen LogP contribution in [0.15, 0.2) is 60.7 Å². The third-order valence-electron chi connectivity index (χ3n) is 10.3. The molecule has 10 heteroatoms. The minimum absolute atomic E-state index is 0.585. The molecule has 2 aromatic carbocycles. The first-order valence-corrected chi connectivity index (χ1v) is 16.8. The first-order chi connectivity index (χ1) is 22.5. The Hall–Kier alpha value is -3.24. The van der Waals surface area contributed by atoms with E-state index >= 15 is 0 Å². The van der Waals surface area contributed by atoms with Crippen LogP contribution < -0.4 is 20.1 Å². The zero-order chi connectivity index (χ0) is 31.4. The molecule has 4 aliphatic heterocycles. The van der Waals surface area contributed by atoms with E-state index in [1.54, 1.807) is 14.2 Å². The predicted molar refractivity (Wildman–Crippen MR) is 183 cm³/mol. The van der Waals surface area contributed by atoms with Crippen molar-refractivity contribution in [2.24, 2.45) is 11.8 Å². The molecule has 4 aliphatic rings. The Balaban J connectivity index is 1.06. The summed E-state index contributed by atoms with van der Waals surface area (Å²) in [6.07, 6.45) is 0. The Bertz CT molecular complexity index is 1660. The molecule has 0 saturated carbocycles. The summed E-state index contributed by atoms with van der Waals surface area (Å²) in [6, 6.07) is 21.4. The molecule has 4 atom stereocenters. The molecule has 0 aliphatic carbocycles. The van der Waals surface area contributed by atoms with Gasteiger partial charge in [0.2, 0.25) is 11.8 Å². The van der Waals surface area contributed by atoms with Gasteiger partial charge in [0.15, 0.2) is 0 Å². The lowest BCUT2D eigenvalue weighted by atomic mass is 9.91. The van der Waals surface area contributed by atoms with Crippen LogP contribution in [0.4, 0.5) is 0 Å². The highest BCUT2D eigenvalue weighted by Crippen LogP contribution is 2.43. The Morgan fingerprint density at radius 3 is 1.48 bits per heavy atom. The SMILES string of the molecule is COc1nc(-c2cccc(-c3cccc(-c4ccc(CN5C[C@@H]6CNC[C@@H]65)c(OC)n4)c3Cl)c2Cl)ccc1CN1C[C@@H]2CNC[C@@H]21. The number of hydrogen-bond donors (Lipinski definition) is 2. The Kier molecular flexibility index (Phi) is 8.13. The largest absolute Gasteiger partial charge is 0.481 e. The highest BCUT2D eigenvalue weighted by molar-refractivity contribution is 6.39. The lowest BCUT2D eigenvalue weighted by Gasteiger charge is -2.43. The van der Waals surface area contributed by atoms with Crippen molar-refractivity contribution >= 4 is 23.2 Å². The number of rotatable bonds is 9. The van der Waals surface area contributed by atoms with Gasteiger partial charge in [0.1, 0.15) is 0 Å². The van der Waals surface area contributed by atoms with Crippen LogP contribution >= 0.6 is 23.2 Å². The van der Waals surface area contributed by atoms with Gasteiger partial charge in [0.05, 0.1) is 35.7 Å². The maximum absolute atomic E-state index is 7.14. The number of aromatic nitrogens is 2. The van der Waals surface area contributed by atoms with Gasteiger partial charge < -0.3 is 20.1 Å². The average Bonchev–Trinajstić information content (AvgIpc) is 3.64. The molecule has 0 radical (unpaired) electrons. The quantitative estimate of drug-likeness (QED) is 0.241. The fourth-order valence-electron chi connectivity index (χ4n) is 7.77. The maximum atomic E-state index is 7.14. The van der Waals surface area contributed by atoms with Crippen molar-refractivity contribution in [3.8, 4) is 45.4 Å². The monoisotopic (exact) mass is 656 g/mol. The van der Waals surface area contributed by atoms with E-state index < -0.39 is 0 Å². The number of ether oxygens (including phenoxy) is 2. The maximum Gasteiger partial charge on any atom is 0.218 e. The molecule has 6 heterocycles. The van der Waals surface area contributed by atoms with Gasteiger partial charge in [-0.25, -0.2) is 9.97 Å². The van der Waals surface area contributed by atoms with Crippen LogP contribution in [-0.2, 0) is 13.1 Å². The van der Waals surface area contributed by atoms with Gasteiger partial charge >= 0.3 is 0 Å². The number of benzene rings is 2. The normalized spacial score (nSPS) is 23.8. The number of nitrogens with one attached hydrogen (secondary N) is 2. The van der Waals surface area contributed by atoms with E-state index in [2.05, 4.69) is 32.6 Å². The van der Waals surface area contributed by atoms with Gasteiger partial charge in [-0.3, -0.25) is 9.80 Å². The van der Waals surface area contributed by atoms with E-state index in [1.165, 1.54) is 0 Å². The molecule has 8 rings (SSSR count). The van der Waals surface area contributed by atoms with Crippen LogP contribution in [0, 0.1) is 11.8 Å². The highest BCUT2D eigenvalue weighted by atomic mass is 35.5. The summed E-state index contributed by atoms with van der Waals surface area (Å²) >= 11 is 14.3. The minimum Gasteiger partial charge on any atom is -0.481 e. The number of nitrogens with zero attached hydrogens (tertiary/aromatic N) is 4. The van der Waals surface area contributed by atoms with E-state index in [4.69, 9.17) is 42.6 Å². The molecule has 0 unspecified atom stereocenters. The lowest BCUT2D eigenvalue weighted by Crippen LogP contribution is -2.54. The Labute approximate surface area is 280 Å². The molecule has 4 saturated heterocycles. The van der Waals surface area contributed by atoms with E-state index in [1.807, 2.05) is 48.5 Å². The van der Waals surface area contributed by atoms with Crippen molar-refractivity contribution in [3.63, 3.8) is 0 Å². The summed E-state index contributed by atoms with van der Waals surface area (Å²) in [5, 5.41) is 8.17. The van der Waals surface area contributed by atoms with E-state index in [9.17, 15) is 0 Å². The fourth-order valence-corrected chi connectivity index (χ4v) is 8.42. The summed E-state index contributed by atoms with van der Waals surface area (Å²) in [6.45, 7) is 8.21. The molecular weight excluding hydrogens is 619 g/mol. The van der Waals surface area contributed by atoms with Crippen molar-refractivity contribution in [3.05, 3.63) is 81.8 Å². The standard InChI is InChI=1S/C36H38Cl2N6O2/c1-45-35-21(17-43-19-23-13-39-15-31(23)43)9-11-29(41-35)27-7-3-5-25(33(27)37)26-6-4-8-28(34(26)38)30-12-10-22(36(42-30)46-2)18-44-20-24-14-40-16-32(24)44/h3-12,23-24,31-32,39-40H,13-20H2,1-2H3/t23-,24-,31-,32-/m0/s1. The molecule has 0 spiro atoms. The van der Waals surface area contributed by atoms with Gasteiger partial charge in [0, 0.05) is 110 Å². The van der Waals surface area contributed by atoms with Gasteiger partial charge in [-0.2, -0.15) is 0 Å². The molecule has 0 bridgehead atoms. The number of hydrogen-bond acceptors (Lipinski definition) is 8. The molecule has 0 amide bonds. The van der Waals surface area contributed by atoms with Gasteiger partial charge in [-0.1, -0.05) is 71.7 Å². The number of likely N-dealkylation sites (tertiary alicyclic amines) is 2. The summed E-state index contributed by atoms with van der Waals surface area (Å²) in [4.78, 5) is 14.8. The third-order valence-corrected chi connectivity index (χ3v) is 11.2. The average molecular weight is 658 g/mol. The molecule has 4 fully saturated rings. The second-order valence-corrected chi connectivity index (χ2v) is 13.7. The molecule has 46 heavy (non-hydrogen) atoms. The third kappa shape index (κ3) is 5.25. The second kappa shape index (κ2) is 12.4. The summed E-state index contributed by atoms with van der Waals surface area (Å²) in [5.41, 5.74) is 6.99. The van der Waals surface area contributed by atoms with E-state index in [0.717, 1.165) is 109 Å². The number of methoxy groups -OCH3 is 2. The second-order valence-electron chi connectivity index (χ2n) is 12.9. The zero-order valence-electron chi connectivity index (χ0n) is 26.1. The van der Waals surface area contributed by atoms with Crippen LogP contribution in [0.1, 0.15) is 11.1 Å². The van der Waals surface area contributed by atoms with Crippen molar-refractivity contribution in [1.82, 2.24) is 30.4 Å².